The molecule has 1 amide bonds. The van der Waals surface area contributed by atoms with Gasteiger partial charge in [0.1, 0.15) is 0 Å². The predicted octanol–water partition coefficient (Wildman–Crippen LogP) is 5.05. The summed E-state index contributed by atoms with van der Waals surface area (Å²) in [5.74, 6) is 0.815. The average Bonchev–Trinajstić information content (AvgIpc) is 3.08. The van der Waals surface area contributed by atoms with E-state index in [1.54, 1.807) is 0 Å². The van der Waals surface area contributed by atoms with Gasteiger partial charge in [-0.25, -0.2) is 0 Å². The molecule has 26 heavy (non-hydrogen) atoms. The van der Waals surface area contributed by atoms with Gasteiger partial charge in [-0.1, -0.05) is 62.4 Å². The lowest BCUT2D eigenvalue weighted by atomic mass is 9.89. The van der Waals surface area contributed by atoms with Crippen LogP contribution in [0.5, 0.6) is 0 Å². The molecule has 136 valence electrons. The van der Waals surface area contributed by atoms with Crippen LogP contribution in [-0.4, -0.2) is 17.4 Å². The molecule has 0 bridgehead atoms. The van der Waals surface area contributed by atoms with Crippen molar-refractivity contribution in [2.24, 2.45) is 5.92 Å². The van der Waals surface area contributed by atoms with E-state index in [0.29, 0.717) is 12.3 Å². The highest BCUT2D eigenvalue weighted by Gasteiger charge is 2.19. The van der Waals surface area contributed by atoms with E-state index in [-0.39, 0.29) is 11.8 Å². The molecule has 2 aromatic carbocycles. The van der Waals surface area contributed by atoms with Gasteiger partial charge in [-0.3, -0.25) is 4.79 Å². The number of carbonyl (C=O) groups is 1. The van der Waals surface area contributed by atoms with Gasteiger partial charge >= 0.3 is 0 Å². The van der Waals surface area contributed by atoms with Gasteiger partial charge in [-0.05, 0) is 41.9 Å². The van der Waals surface area contributed by atoms with Gasteiger partial charge in [0.15, 0.2) is 0 Å². The number of nitrogens with one attached hydrogen (secondary N) is 2. The third kappa shape index (κ3) is 4.75. The summed E-state index contributed by atoms with van der Waals surface area (Å²) in [5.41, 5.74) is 3.70. The van der Waals surface area contributed by atoms with Crippen LogP contribution in [0.3, 0.4) is 0 Å². The van der Waals surface area contributed by atoms with Crippen LogP contribution in [-0.2, 0) is 11.2 Å². The summed E-state index contributed by atoms with van der Waals surface area (Å²) in [6, 6.07) is 18.8. The third-order valence-electron chi connectivity index (χ3n) is 4.82. The summed E-state index contributed by atoms with van der Waals surface area (Å²) < 4.78 is 0. The second-order valence-electron chi connectivity index (χ2n) is 7.41. The molecular formula is C23H28N2O. The van der Waals surface area contributed by atoms with Crippen LogP contribution >= 0.6 is 0 Å². The van der Waals surface area contributed by atoms with Crippen LogP contribution in [0.15, 0.2) is 60.8 Å². The standard InChI is InChI=1S/C23H28N2O/c1-17(2)15-25-23(26)14-19(13-12-18-8-4-3-5-9-18)21-16-24-22-11-7-6-10-20(21)22/h3-11,16-17,19,24H,12-15H2,1-2H3,(H,25,26)/t19-/m1/s1. The molecule has 0 aliphatic rings. The number of fused-ring (bicyclic) bond motifs is 1. The number of benzene rings is 2. The normalized spacial score (nSPS) is 12.4. The van der Waals surface area contributed by atoms with Crippen molar-refractivity contribution in [3.05, 3.63) is 71.9 Å². The van der Waals surface area contributed by atoms with Crippen molar-refractivity contribution < 1.29 is 4.79 Å². The van der Waals surface area contributed by atoms with E-state index in [1.165, 1.54) is 16.5 Å². The molecule has 0 saturated carbocycles. The van der Waals surface area contributed by atoms with E-state index in [0.717, 1.165) is 24.9 Å². The summed E-state index contributed by atoms with van der Waals surface area (Å²) in [5, 5.41) is 4.30. The minimum Gasteiger partial charge on any atom is -0.361 e. The van der Waals surface area contributed by atoms with E-state index in [2.05, 4.69) is 72.8 Å². The van der Waals surface area contributed by atoms with Gasteiger partial charge in [0, 0.05) is 30.1 Å². The Bertz CT molecular complexity index is 836. The predicted molar refractivity (Wildman–Crippen MR) is 108 cm³/mol. The third-order valence-corrected chi connectivity index (χ3v) is 4.82. The number of H-pyrrole nitrogens is 1. The maximum atomic E-state index is 12.5. The Hall–Kier alpha value is -2.55. The molecule has 3 rings (SSSR count). The highest BCUT2D eigenvalue weighted by Crippen LogP contribution is 2.31. The van der Waals surface area contributed by atoms with Gasteiger partial charge < -0.3 is 10.3 Å². The fraction of sp³-hybridized carbons (Fsp3) is 0.348. The van der Waals surface area contributed by atoms with E-state index < -0.39 is 0 Å². The molecule has 2 N–H and O–H groups in total. The number of hydrogen-bond acceptors (Lipinski definition) is 1. The van der Waals surface area contributed by atoms with E-state index in [1.807, 2.05) is 12.1 Å². The molecule has 1 aromatic heterocycles. The molecule has 0 fully saturated rings. The van der Waals surface area contributed by atoms with Gasteiger partial charge in [-0.2, -0.15) is 0 Å². The zero-order valence-corrected chi connectivity index (χ0v) is 15.7. The Balaban J connectivity index is 1.77. The zero-order chi connectivity index (χ0) is 18.4. The van der Waals surface area contributed by atoms with Crippen molar-refractivity contribution in [3.63, 3.8) is 0 Å². The number of rotatable bonds is 8. The molecule has 0 aliphatic carbocycles. The number of aromatic amines is 1. The van der Waals surface area contributed by atoms with Crippen molar-refractivity contribution in [1.82, 2.24) is 10.3 Å². The SMILES string of the molecule is CC(C)CNC(=O)C[C@@H](CCc1ccccc1)c1c[nH]c2ccccc12. The van der Waals surface area contributed by atoms with Gasteiger partial charge in [-0.15, -0.1) is 0 Å². The first kappa shape index (κ1) is 18.2. The number of aryl methyl sites for hydroxylation is 1. The average molecular weight is 348 g/mol. The van der Waals surface area contributed by atoms with Gasteiger partial charge in [0.2, 0.25) is 5.91 Å². The minimum absolute atomic E-state index is 0.141. The van der Waals surface area contributed by atoms with Crippen molar-refractivity contribution in [1.29, 1.82) is 0 Å². The van der Waals surface area contributed by atoms with Crippen molar-refractivity contribution >= 4 is 16.8 Å². The van der Waals surface area contributed by atoms with Crippen molar-refractivity contribution in [2.45, 2.75) is 39.0 Å². The molecule has 3 nitrogen and oxygen atoms in total. The summed E-state index contributed by atoms with van der Waals surface area (Å²) in [6.07, 6.45) is 4.54. The van der Waals surface area contributed by atoms with Crippen LogP contribution in [0.2, 0.25) is 0 Å². The van der Waals surface area contributed by atoms with Crippen LogP contribution in [0.1, 0.15) is 43.7 Å². The first-order valence-electron chi connectivity index (χ1n) is 9.50. The molecule has 1 atom stereocenters. The minimum atomic E-state index is 0.141. The van der Waals surface area contributed by atoms with Crippen LogP contribution in [0.4, 0.5) is 0 Å². The number of aromatic nitrogens is 1. The lowest BCUT2D eigenvalue weighted by Crippen LogP contribution is -2.28. The van der Waals surface area contributed by atoms with E-state index in [4.69, 9.17) is 0 Å². The summed E-state index contributed by atoms with van der Waals surface area (Å²) in [7, 11) is 0. The first-order valence-corrected chi connectivity index (χ1v) is 9.50. The Morgan fingerprint density at radius 3 is 2.54 bits per heavy atom. The Morgan fingerprint density at radius 2 is 1.77 bits per heavy atom. The second-order valence-corrected chi connectivity index (χ2v) is 7.41. The number of hydrogen-bond donors (Lipinski definition) is 2. The van der Waals surface area contributed by atoms with Crippen LogP contribution < -0.4 is 5.32 Å². The Morgan fingerprint density at radius 1 is 1.04 bits per heavy atom. The van der Waals surface area contributed by atoms with Crippen molar-refractivity contribution in [3.8, 4) is 0 Å². The number of carbonyl (C=O) groups excluding carboxylic acids is 1. The maximum absolute atomic E-state index is 12.5. The lowest BCUT2D eigenvalue weighted by molar-refractivity contribution is -0.121. The summed E-state index contributed by atoms with van der Waals surface area (Å²) >= 11 is 0. The fourth-order valence-corrected chi connectivity index (χ4v) is 3.40. The number of amides is 1. The fourth-order valence-electron chi connectivity index (χ4n) is 3.40. The van der Waals surface area contributed by atoms with Gasteiger partial charge in [0.05, 0.1) is 0 Å². The first-order chi connectivity index (χ1) is 12.6. The number of para-hydroxylation sites is 1. The van der Waals surface area contributed by atoms with E-state index in [9.17, 15) is 4.79 Å². The monoisotopic (exact) mass is 348 g/mol. The molecule has 0 saturated heterocycles. The molecule has 0 unspecified atom stereocenters. The summed E-state index contributed by atoms with van der Waals surface area (Å²) in [6.45, 7) is 4.97. The van der Waals surface area contributed by atoms with Crippen LogP contribution in [0, 0.1) is 5.92 Å². The van der Waals surface area contributed by atoms with Gasteiger partial charge in [0.25, 0.3) is 0 Å². The second kappa shape index (κ2) is 8.70. The topological polar surface area (TPSA) is 44.9 Å². The molecule has 3 aromatic rings. The molecule has 0 aliphatic heterocycles. The van der Waals surface area contributed by atoms with Crippen molar-refractivity contribution in [2.75, 3.05) is 6.54 Å². The molecule has 0 spiro atoms. The molecular weight excluding hydrogens is 320 g/mol. The highest BCUT2D eigenvalue weighted by atomic mass is 16.1. The Labute approximate surface area is 155 Å². The molecule has 3 heteroatoms. The largest absolute Gasteiger partial charge is 0.361 e. The smallest absolute Gasteiger partial charge is 0.220 e. The van der Waals surface area contributed by atoms with E-state index >= 15 is 0 Å². The zero-order valence-electron chi connectivity index (χ0n) is 15.7. The Kier molecular flexibility index (Phi) is 6.11. The van der Waals surface area contributed by atoms with Crippen LogP contribution in [0.25, 0.3) is 10.9 Å². The quantitative estimate of drug-likeness (QED) is 0.588. The molecule has 1 heterocycles. The summed E-state index contributed by atoms with van der Waals surface area (Å²) in [4.78, 5) is 15.8. The lowest BCUT2D eigenvalue weighted by Gasteiger charge is -2.17. The maximum Gasteiger partial charge on any atom is 0.220 e. The molecule has 0 radical (unpaired) electrons. The highest BCUT2D eigenvalue weighted by molar-refractivity contribution is 5.85.